The van der Waals surface area contributed by atoms with Gasteiger partial charge in [-0.15, -0.1) is 0 Å². The van der Waals surface area contributed by atoms with Crippen molar-refractivity contribution in [2.45, 2.75) is 39.2 Å². The Kier molecular flexibility index (Phi) is 11.6. The average Bonchev–Trinajstić information content (AvgIpc) is 2.70. The quantitative estimate of drug-likeness (QED) is 0.402. The Bertz CT molecular complexity index is 721. The van der Waals surface area contributed by atoms with Crippen molar-refractivity contribution in [3.63, 3.8) is 0 Å². The van der Waals surface area contributed by atoms with E-state index in [0.29, 0.717) is 23.3 Å². The van der Waals surface area contributed by atoms with Crippen molar-refractivity contribution in [3.8, 4) is 0 Å². The topological polar surface area (TPSA) is 137 Å². The number of carbonyl (C=O) groups excluding carboxylic acids is 5. The first-order valence-corrected chi connectivity index (χ1v) is 11.8. The number of nitrogens with zero attached hydrogens (tertiary/aromatic N) is 1. The fourth-order valence-corrected chi connectivity index (χ4v) is 3.31. The lowest BCUT2D eigenvalue weighted by Crippen LogP contribution is -2.49. The molecule has 0 radical (unpaired) electrons. The zero-order chi connectivity index (χ0) is 25.1. The van der Waals surface area contributed by atoms with Crippen LogP contribution in [0.2, 0.25) is 0 Å². The molecule has 1 aliphatic heterocycles. The van der Waals surface area contributed by atoms with Crippen LogP contribution in [0.1, 0.15) is 33.1 Å². The highest BCUT2D eigenvalue weighted by Crippen LogP contribution is 2.25. The Morgan fingerprint density at radius 3 is 2.42 bits per heavy atom. The van der Waals surface area contributed by atoms with E-state index < -0.39 is 29.6 Å². The maximum atomic E-state index is 12.8. The van der Waals surface area contributed by atoms with E-state index >= 15 is 0 Å². The number of esters is 1. The van der Waals surface area contributed by atoms with E-state index in [0.717, 1.165) is 11.8 Å². The molecule has 0 aromatic heterocycles. The molecule has 0 aliphatic carbocycles. The lowest BCUT2D eigenvalue weighted by molar-refractivity contribution is -0.870. The van der Waals surface area contributed by atoms with Crippen molar-refractivity contribution in [1.29, 1.82) is 0 Å². The van der Waals surface area contributed by atoms with Crippen molar-refractivity contribution >= 4 is 40.8 Å². The highest BCUT2D eigenvalue weighted by atomic mass is 32.2. The summed E-state index contributed by atoms with van der Waals surface area (Å²) in [4.78, 5) is 60.8. The number of likely N-dealkylation sites (N-methyl/N-ethyl adjacent to an activating group) is 1. The van der Waals surface area contributed by atoms with Crippen LogP contribution >= 0.6 is 11.8 Å². The minimum Gasteiger partial charge on any atom is -0.452 e. The van der Waals surface area contributed by atoms with Gasteiger partial charge in [-0.05, 0) is 0 Å². The Hall–Kier alpha value is -2.34. The van der Waals surface area contributed by atoms with E-state index in [1.165, 1.54) is 0 Å². The predicted molar refractivity (Wildman–Crippen MR) is 121 cm³/mol. The van der Waals surface area contributed by atoms with Crippen molar-refractivity contribution < 1.29 is 42.7 Å². The van der Waals surface area contributed by atoms with E-state index in [1.54, 1.807) is 13.8 Å². The molecule has 11 nitrogen and oxygen atoms in total. The molecule has 0 aromatic carbocycles. The van der Waals surface area contributed by atoms with Crippen LogP contribution in [0, 0.1) is 5.41 Å². The van der Waals surface area contributed by atoms with Gasteiger partial charge in [0.05, 0.1) is 27.6 Å². The number of rotatable bonds is 6. The number of amides is 2. The lowest BCUT2D eigenvalue weighted by Gasteiger charge is -2.32. The van der Waals surface area contributed by atoms with E-state index in [4.69, 9.17) is 14.2 Å². The van der Waals surface area contributed by atoms with Gasteiger partial charge in [0.15, 0.2) is 11.2 Å². The summed E-state index contributed by atoms with van der Waals surface area (Å²) in [6.45, 7) is 4.05. The molecule has 1 aliphatic rings. The number of carbonyl (C=O) groups is 5. The second-order valence-electron chi connectivity index (χ2n) is 9.37. The van der Waals surface area contributed by atoms with Gasteiger partial charge in [-0.1, -0.05) is 25.6 Å². The van der Waals surface area contributed by atoms with Gasteiger partial charge in [-0.3, -0.25) is 19.2 Å². The maximum Gasteiger partial charge on any atom is 0.508 e. The molecule has 12 heteroatoms. The van der Waals surface area contributed by atoms with Crippen LogP contribution in [0.5, 0.6) is 0 Å². The van der Waals surface area contributed by atoms with Crippen LogP contribution in [-0.4, -0.2) is 99.4 Å². The first-order valence-electron chi connectivity index (χ1n) is 10.8. The van der Waals surface area contributed by atoms with Crippen LogP contribution in [0.4, 0.5) is 4.79 Å². The van der Waals surface area contributed by atoms with Gasteiger partial charge < -0.3 is 29.3 Å². The van der Waals surface area contributed by atoms with Crippen LogP contribution in [0.15, 0.2) is 0 Å². The Labute approximate surface area is 198 Å². The maximum absolute atomic E-state index is 12.8. The van der Waals surface area contributed by atoms with Gasteiger partial charge in [0.2, 0.25) is 5.91 Å². The molecule has 1 heterocycles. The molecule has 1 saturated heterocycles. The van der Waals surface area contributed by atoms with Crippen LogP contribution < -0.4 is 10.6 Å². The summed E-state index contributed by atoms with van der Waals surface area (Å²) in [5.41, 5.74) is -1.10. The molecular formula is C21H36N3O8S+. The molecule has 0 unspecified atom stereocenters. The minimum absolute atomic E-state index is 0.0283. The molecular weight excluding hydrogens is 454 g/mol. The van der Waals surface area contributed by atoms with Gasteiger partial charge in [-0.2, -0.15) is 0 Å². The molecule has 2 amide bonds. The van der Waals surface area contributed by atoms with Crippen molar-refractivity contribution in [2.75, 3.05) is 59.7 Å². The number of hydrogen-bond acceptors (Lipinski definition) is 9. The normalized spacial score (nSPS) is 20.0. The van der Waals surface area contributed by atoms with E-state index in [9.17, 15) is 24.0 Å². The number of nitrogens with one attached hydrogen (secondary N) is 2. The highest BCUT2D eigenvalue weighted by Gasteiger charge is 2.40. The smallest absolute Gasteiger partial charge is 0.452 e. The summed E-state index contributed by atoms with van der Waals surface area (Å²) >= 11 is 1.02. The minimum atomic E-state index is -1.31. The number of quaternary nitrogens is 1. The van der Waals surface area contributed by atoms with Crippen molar-refractivity contribution in [3.05, 3.63) is 0 Å². The SMILES string of the molecule is CC(C)(COC(=O)OCC[N+](C)(C)C)[C@H]1OC(=O)CCC(=O)SCCNC(=O)CCNC1=O. The van der Waals surface area contributed by atoms with Gasteiger partial charge in [-0.25, -0.2) is 4.79 Å². The second kappa shape index (κ2) is 13.4. The zero-order valence-corrected chi connectivity index (χ0v) is 20.9. The molecule has 1 fully saturated rings. The molecule has 0 aromatic rings. The molecule has 33 heavy (non-hydrogen) atoms. The zero-order valence-electron chi connectivity index (χ0n) is 20.1. The fraction of sp³-hybridized carbons (Fsp3) is 0.762. The van der Waals surface area contributed by atoms with Gasteiger partial charge >= 0.3 is 12.1 Å². The molecule has 0 saturated carbocycles. The van der Waals surface area contributed by atoms with E-state index in [2.05, 4.69) is 10.6 Å². The summed E-state index contributed by atoms with van der Waals surface area (Å²) < 4.78 is 16.2. The number of thioether (sulfide) groups is 1. The van der Waals surface area contributed by atoms with Gasteiger partial charge in [0.1, 0.15) is 19.8 Å². The summed E-state index contributed by atoms with van der Waals surface area (Å²) in [5, 5.41) is 5.03. The molecule has 1 rings (SSSR count). The third-order valence-electron chi connectivity index (χ3n) is 4.61. The standard InChI is InChI=1S/C21H35N3O8S/c1-21(2,14-31-20(29)30-12-11-24(3,4)5)18-19(28)23-9-8-15(25)22-10-13-33-17(27)7-6-16(26)32-18/h18H,6-14H2,1-5H3,(H-,22,23,25,28)/p+1/t18-/m0/s1. The second-order valence-corrected chi connectivity index (χ2v) is 10.5. The number of ether oxygens (including phenoxy) is 3. The monoisotopic (exact) mass is 490 g/mol. The Balaban J connectivity index is 2.80. The molecule has 1 atom stereocenters. The summed E-state index contributed by atoms with van der Waals surface area (Å²) in [7, 11) is 5.86. The number of hydrogen-bond donors (Lipinski definition) is 2. The van der Waals surface area contributed by atoms with Crippen molar-refractivity contribution in [1.82, 2.24) is 10.6 Å². The predicted octanol–water partition coefficient (Wildman–Crippen LogP) is 0.460. The van der Waals surface area contributed by atoms with Gasteiger partial charge in [0, 0.05) is 37.1 Å². The van der Waals surface area contributed by atoms with E-state index in [-0.39, 0.29) is 50.0 Å². The summed E-state index contributed by atoms with van der Waals surface area (Å²) in [6, 6.07) is 0. The highest BCUT2D eigenvalue weighted by molar-refractivity contribution is 8.13. The summed E-state index contributed by atoms with van der Waals surface area (Å²) in [5.74, 6) is -1.22. The van der Waals surface area contributed by atoms with Gasteiger partial charge in [0.25, 0.3) is 5.91 Å². The molecule has 0 bridgehead atoms. The summed E-state index contributed by atoms with van der Waals surface area (Å²) in [6.07, 6.45) is -2.41. The Morgan fingerprint density at radius 2 is 1.76 bits per heavy atom. The lowest BCUT2D eigenvalue weighted by atomic mass is 9.86. The van der Waals surface area contributed by atoms with Crippen LogP contribution in [-0.2, 0) is 33.4 Å². The molecule has 2 N–H and O–H groups in total. The molecule has 0 spiro atoms. The third kappa shape index (κ3) is 12.5. The first-order chi connectivity index (χ1) is 15.3. The Morgan fingerprint density at radius 1 is 1.06 bits per heavy atom. The number of cyclic esters (lactones) is 1. The fourth-order valence-electron chi connectivity index (χ4n) is 2.64. The first kappa shape index (κ1) is 28.7. The molecule has 188 valence electrons. The largest absolute Gasteiger partial charge is 0.508 e. The van der Waals surface area contributed by atoms with Crippen molar-refractivity contribution in [2.24, 2.45) is 5.41 Å². The average molecular weight is 491 g/mol. The van der Waals surface area contributed by atoms with E-state index in [1.807, 2.05) is 21.1 Å². The third-order valence-corrected chi connectivity index (χ3v) is 5.55. The van der Waals surface area contributed by atoms with Crippen LogP contribution in [0.3, 0.4) is 0 Å². The van der Waals surface area contributed by atoms with Crippen LogP contribution in [0.25, 0.3) is 0 Å².